The molecule has 1 atom stereocenters. The summed E-state index contributed by atoms with van der Waals surface area (Å²) in [6, 6.07) is 0. The van der Waals surface area contributed by atoms with Gasteiger partial charge < -0.3 is 0 Å². The van der Waals surface area contributed by atoms with E-state index in [0.717, 1.165) is 12.8 Å². The highest BCUT2D eigenvalue weighted by Crippen LogP contribution is 2.23. The highest BCUT2D eigenvalue weighted by Gasteiger charge is 2.39. The molecule has 0 aromatic carbocycles. The highest BCUT2D eigenvalue weighted by molar-refractivity contribution is 6.00. The molecule has 1 saturated heterocycles. The molecule has 0 spiro atoms. The molecule has 1 rings (SSSR count). The Labute approximate surface area is 90.5 Å². The molecule has 1 aliphatic heterocycles. The normalized spacial score (nSPS) is 19.6. The number of carbonyl (C=O) groups is 2. The molecule has 0 bridgehead atoms. The first-order chi connectivity index (χ1) is 7.20. The van der Waals surface area contributed by atoms with Crippen LogP contribution in [0.1, 0.15) is 25.7 Å². The third-order valence-electron chi connectivity index (χ3n) is 2.60. The smallest absolute Gasteiger partial charge is 0.234 e. The fraction of sp³-hybridized carbons (Fsp3) is 0.500. The molecular weight excluding hydrogens is 190 g/mol. The number of carbonyl (C=O) groups excluding carboxylic acids is 2. The molecule has 1 aliphatic rings. The summed E-state index contributed by atoms with van der Waals surface area (Å²) in [7, 11) is 0. The van der Waals surface area contributed by atoms with Crippen molar-refractivity contribution in [1.82, 2.24) is 4.90 Å². The van der Waals surface area contributed by atoms with Crippen molar-refractivity contribution in [2.45, 2.75) is 25.7 Å². The maximum absolute atomic E-state index is 11.5. The van der Waals surface area contributed by atoms with Gasteiger partial charge in [-0.25, -0.2) is 0 Å². The van der Waals surface area contributed by atoms with Gasteiger partial charge in [0.1, 0.15) is 0 Å². The third kappa shape index (κ3) is 2.78. The van der Waals surface area contributed by atoms with Crippen LogP contribution < -0.4 is 0 Å². The summed E-state index contributed by atoms with van der Waals surface area (Å²) in [5, 5.41) is 0. The van der Waals surface area contributed by atoms with E-state index < -0.39 is 0 Å². The van der Waals surface area contributed by atoms with E-state index in [4.69, 9.17) is 0 Å². The van der Waals surface area contributed by atoms with E-state index >= 15 is 0 Å². The molecular formula is C12H17NO2. The van der Waals surface area contributed by atoms with Crippen LogP contribution in [0.25, 0.3) is 0 Å². The Balaban J connectivity index is 2.31. The Bertz CT molecular complexity index is 283. The molecule has 15 heavy (non-hydrogen) atoms. The summed E-state index contributed by atoms with van der Waals surface area (Å²) in [6.07, 6.45) is 6.18. The highest BCUT2D eigenvalue weighted by atomic mass is 16.2. The first-order valence-corrected chi connectivity index (χ1v) is 5.26. The number of nitrogens with zero attached hydrogens (tertiary/aromatic N) is 1. The Morgan fingerprint density at radius 3 is 2.60 bits per heavy atom. The quantitative estimate of drug-likeness (QED) is 0.493. The molecule has 2 amide bonds. The average molecular weight is 207 g/mol. The minimum Gasteiger partial charge on any atom is -0.282 e. The average Bonchev–Trinajstić information content (AvgIpc) is 2.24. The van der Waals surface area contributed by atoms with Crippen molar-refractivity contribution in [3.05, 3.63) is 25.3 Å². The van der Waals surface area contributed by atoms with Crippen LogP contribution in [-0.2, 0) is 9.59 Å². The minimum absolute atomic E-state index is 0.0223. The van der Waals surface area contributed by atoms with Gasteiger partial charge in [-0.1, -0.05) is 12.2 Å². The lowest BCUT2D eigenvalue weighted by Gasteiger charge is -2.36. The van der Waals surface area contributed by atoms with Gasteiger partial charge in [-0.15, -0.1) is 13.2 Å². The number of amides is 2. The van der Waals surface area contributed by atoms with E-state index in [1.165, 1.54) is 4.90 Å². The summed E-state index contributed by atoms with van der Waals surface area (Å²) < 4.78 is 0. The van der Waals surface area contributed by atoms with Crippen LogP contribution in [-0.4, -0.2) is 23.3 Å². The maximum atomic E-state index is 11.5. The van der Waals surface area contributed by atoms with Crippen molar-refractivity contribution < 1.29 is 9.59 Å². The molecule has 0 aromatic heterocycles. The van der Waals surface area contributed by atoms with Crippen LogP contribution in [0.3, 0.4) is 0 Å². The van der Waals surface area contributed by atoms with Gasteiger partial charge in [0.2, 0.25) is 11.8 Å². The van der Waals surface area contributed by atoms with Gasteiger partial charge >= 0.3 is 0 Å². The van der Waals surface area contributed by atoms with Gasteiger partial charge in [-0.2, -0.15) is 0 Å². The van der Waals surface area contributed by atoms with Crippen molar-refractivity contribution in [2.24, 2.45) is 5.92 Å². The van der Waals surface area contributed by atoms with Crippen molar-refractivity contribution >= 4 is 11.8 Å². The van der Waals surface area contributed by atoms with Crippen LogP contribution in [0.5, 0.6) is 0 Å². The van der Waals surface area contributed by atoms with Crippen LogP contribution in [0.2, 0.25) is 0 Å². The van der Waals surface area contributed by atoms with E-state index in [1.807, 2.05) is 0 Å². The third-order valence-corrected chi connectivity index (χ3v) is 2.60. The summed E-state index contributed by atoms with van der Waals surface area (Å²) in [5.74, 6) is -0.0589. The summed E-state index contributed by atoms with van der Waals surface area (Å²) in [4.78, 5) is 24.3. The van der Waals surface area contributed by atoms with Gasteiger partial charge in [0.15, 0.2) is 0 Å². The molecule has 82 valence electrons. The number of likely N-dealkylation sites (tertiary alicyclic amines) is 1. The molecule has 1 heterocycles. The van der Waals surface area contributed by atoms with Gasteiger partial charge in [0.25, 0.3) is 0 Å². The number of rotatable bonds is 6. The van der Waals surface area contributed by atoms with Crippen LogP contribution in [0.15, 0.2) is 25.3 Å². The van der Waals surface area contributed by atoms with E-state index in [9.17, 15) is 9.59 Å². The van der Waals surface area contributed by atoms with Crippen molar-refractivity contribution in [1.29, 1.82) is 0 Å². The second-order valence-corrected chi connectivity index (χ2v) is 3.73. The fourth-order valence-corrected chi connectivity index (χ4v) is 1.62. The largest absolute Gasteiger partial charge is 0.282 e. The van der Waals surface area contributed by atoms with Gasteiger partial charge in [-0.05, 0) is 19.3 Å². The SMILES string of the molecule is C=CCCC(=O)N1C[C@@H](CCC=C)C1=O. The zero-order chi connectivity index (χ0) is 11.3. The second kappa shape index (κ2) is 5.49. The summed E-state index contributed by atoms with van der Waals surface area (Å²) >= 11 is 0. The lowest BCUT2D eigenvalue weighted by atomic mass is 9.93. The minimum atomic E-state index is -0.0743. The first-order valence-electron chi connectivity index (χ1n) is 5.26. The van der Waals surface area contributed by atoms with Gasteiger partial charge in [0, 0.05) is 13.0 Å². The standard InChI is InChI=1S/C12H17NO2/c1-3-5-7-10-9-13(12(10)15)11(14)8-6-4-2/h3-4,10H,1-2,5-9H2/t10-/m1/s1. The van der Waals surface area contributed by atoms with Crippen LogP contribution in [0, 0.1) is 5.92 Å². The van der Waals surface area contributed by atoms with E-state index in [1.54, 1.807) is 12.2 Å². The molecule has 0 aliphatic carbocycles. The molecule has 1 fully saturated rings. The van der Waals surface area contributed by atoms with Crippen LogP contribution in [0.4, 0.5) is 0 Å². The Hall–Kier alpha value is -1.38. The van der Waals surface area contributed by atoms with E-state index in [2.05, 4.69) is 13.2 Å². The summed E-state index contributed by atoms with van der Waals surface area (Å²) in [5.41, 5.74) is 0. The Morgan fingerprint density at radius 1 is 1.40 bits per heavy atom. The number of β-lactam (4-membered cyclic amide) rings is 1. The zero-order valence-corrected chi connectivity index (χ0v) is 8.95. The predicted octanol–water partition coefficient (Wildman–Crippen LogP) is 1.90. The molecule has 3 nitrogen and oxygen atoms in total. The Kier molecular flexibility index (Phi) is 4.28. The number of allylic oxidation sites excluding steroid dienone is 2. The van der Waals surface area contributed by atoms with Crippen LogP contribution >= 0.6 is 0 Å². The number of imide groups is 1. The molecule has 0 N–H and O–H groups in total. The monoisotopic (exact) mass is 207 g/mol. The van der Waals surface area contributed by atoms with Gasteiger partial charge in [0.05, 0.1) is 5.92 Å². The lowest BCUT2D eigenvalue weighted by Crippen LogP contribution is -2.55. The molecule has 0 radical (unpaired) electrons. The van der Waals surface area contributed by atoms with Crippen molar-refractivity contribution in [3.8, 4) is 0 Å². The maximum Gasteiger partial charge on any atom is 0.234 e. The molecule has 0 aromatic rings. The fourth-order valence-electron chi connectivity index (χ4n) is 1.62. The first kappa shape index (κ1) is 11.7. The summed E-state index contributed by atoms with van der Waals surface area (Å²) in [6.45, 7) is 7.74. The molecule has 0 unspecified atom stereocenters. The topological polar surface area (TPSA) is 37.4 Å². The van der Waals surface area contributed by atoms with Crippen molar-refractivity contribution in [3.63, 3.8) is 0 Å². The number of hydrogen-bond acceptors (Lipinski definition) is 2. The van der Waals surface area contributed by atoms with Gasteiger partial charge in [-0.3, -0.25) is 14.5 Å². The molecule has 3 heteroatoms. The zero-order valence-electron chi connectivity index (χ0n) is 8.95. The molecule has 0 saturated carbocycles. The number of hydrogen-bond donors (Lipinski definition) is 0. The lowest BCUT2D eigenvalue weighted by molar-refractivity contribution is -0.158. The van der Waals surface area contributed by atoms with E-state index in [0.29, 0.717) is 19.4 Å². The van der Waals surface area contributed by atoms with Crippen molar-refractivity contribution in [2.75, 3.05) is 6.54 Å². The predicted molar refractivity (Wildman–Crippen MR) is 59.1 cm³/mol. The van der Waals surface area contributed by atoms with E-state index in [-0.39, 0.29) is 17.7 Å². The second-order valence-electron chi connectivity index (χ2n) is 3.73. The Morgan fingerprint density at radius 2 is 2.07 bits per heavy atom.